The molecule has 0 radical (unpaired) electrons. The third-order valence-electron chi connectivity index (χ3n) is 2.37. The first-order valence-electron chi connectivity index (χ1n) is 4.92. The molecule has 0 aliphatic carbocycles. The standard InChI is InChI=1S/C11H12N2O3S/c1-16-12-10(14)7-13-11(15)8-5-3-4-6-9(8)17(13)2/h3-6H,2,7H2,1H3,(H,12,14). The molecule has 17 heavy (non-hydrogen) atoms. The molecule has 0 saturated carbocycles. The second kappa shape index (κ2) is 4.68. The van der Waals surface area contributed by atoms with Crippen molar-refractivity contribution in [2.75, 3.05) is 13.7 Å². The number of carbonyl (C=O) groups is 2. The zero-order valence-electron chi connectivity index (χ0n) is 9.30. The van der Waals surface area contributed by atoms with Crippen molar-refractivity contribution in [3.63, 3.8) is 0 Å². The number of hydroxylamine groups is 1. The third-order valence-corrected chi connectivity index (χ3v) is 4.06. The van der Waals surface area contributed by atoms with Crippen LogP contribution in [0.1, 0.15) is 10.4 Å². The van der Waals surface area contributed by atoms with Gasteiger partial charge in [0, 0.05) is 4.90 Å². The molecule has 1 atom stereocenters. The molecule has 0 aromatic heterocycles. The molecule has 1 aromatic carbocycles. The van der Waals surface area contributed by atoms with Crippen molar-refractivity contribution in [1.29, 1.82) is 0 Å². The monoisotopic (exact) mass is 252 g/mol. The van der Waals surface area contributed by atoms with Crippen LogP contribution in [-0.4, -0.2) is 35.6 Å². The van der Waals surface area contributed by atoms with Gasteiger partial charge >= 0.3 is 0 Å². The smallest absolute Gasteiger partial charge is 0.265 e. The predicted octanol–water partition coefficient (Wildman–Crippen LogP) is 0.795. The van der Waals surface area contributed by atoms with E-state index in [0.29, 0.717) is 5.56 Å². The Kier molecular flexibility index (Phi) is 3.26. The van der Waals surface area contributed by atoms with E-state index in [4.69, 9.17) is 0 Å². The van der Waals surface area contributed by atoms with Gasteiger partial charge in [0.05, 0.1) is 12.7 Å². The SMILES string of the molecule is C=S1c2ccccc2C(=O)N1CC(=O)NOC. The van der Waals surface area contributed by atoms with Gasteiger partial charge in [-0.25, -0.2) is 5.48 Å². The minimum Gasteiger partial charge on any atom is -0.277 e. The van der Waals surface area contributed by atoms with Gasteiger partial charge in [-0.2, -0.15) is 0 Å². The van der Waals surface area contributed by atoms with Crippen molar-refractivity contribution >= 4 is 28.4 Å². The summed E-state index contributed by atoms with van der Waals surface area (Å²) in [5.74, 6) is 3.41. The molecule has 1 aromatic rings. The summed E-state index contributed by atoms with van der Waals surface area (Å²) in [7, 11) is 0.727. The molecular weight excluding hydrogens is 240 g/mol. The molecule has 2 rings (SSSR count). The van der Waals surface area contributed by atoms with Gasteiger partial charge in [0.15, 0.2) is 0 Å². The normalized spacial score (nSPS) is 18.1. The van der Waals surface area contributed by atoms with E-state index in [9.17, 15) is 9.59 Å². The van der Waals surface area contributed by atoms with E-state index in [1.165, 1.54) is 11.4 Å². The van der Waals surface area contributed by atoms with E-state index in [2.05, 4.69) is 16.2 Å². The highest BCUT2D eigenvalue weighted by Gasteiger charge is 2.31. The first-order chi connectivity index (χ1) is 8.15. The Labute approximate surface area is 101 Å². The molecule has 0 saturated heterocycles. The van der Waals surface area contributed by atoms with Crippen molar-refractivity contribution in [3.05, 3.63) is 29.8 Å². The summed E-state index contributed by atoms with van der Waals surface area (Å²) in [4.78, 5) is 28.8. The largest absolute Gasteiger partial charge is 0.277 e. The van der Waals surface area contributed by atoms with Gasteiger partial charge in [0.1, 0.15) is 6.54 Å². The maximum Gasteiger partial charge on any atom is 0.265 e. The highest BCUT2D eigenvalue weighted by molar-refractivity contribution is 8.13. The quantitative estimate of drug-likeness (QED) is 0.639. The Hall–Kier alpha value is -1.66. The van der Waals surface area contributed by atoms with Gasteiger partial charge in [0.2, 0.25) is 0 Å². The molecule has 1 aliphatic heterocycles. The third kappa shape index (κ3) is 2.09. The number of hydrogen-bond donors (Lipinski definition) is 1. The van der Waals surface area contributed by atoms with Crippen LogP contribution in [0.15, 0.2) is 29.2 Å². The summed E-state index contributed by atoms with van der Waals surface area (Å²) in [6, 6.07) is 7.26. The Bertz CT molecular complexity index is 466. The lowest BCUT2D eigenvalue weighted by atomic mass is 10.2. The molecular formula is C11H12N2O3S. The molecule has 1 N–H and O–H groups in total. The van der Waals surface area contributed by atoms with Crippen molar-refractivity contribution in [2.24, 2.45) is 0 Å². The van der Waals surface area contributed by atoms with E-state index in [1.807, 2.05) is 12.1 Å². The van der Waals surface area contributed by atoms with E-state index in [0.717, 1.165) is 4.90 Å². The topological polar surface area (TPSA) is 58.6 Å². The Morgan fingerprint density at radius 1 is 1.53 bits per heavy atom. The van der Waals surface area contributed by atoms with Gasteiger partial charge in [-0.3, -0.25) is 18.7 Å². The molecule has 2 amide bonds. The molecule has 6 heteroatoms. The van der Waals surface area contributed by atoms with E-state index < -0.39 is 10.7 Å². The fourth-order valence-electron chi connectivity index (χ4n) is 1.63. The molecule has 90 valence electrons. The molecule has 0 fully saturated rings. The highest BCUT2D eigenvalue weighted by atomic mass is 32.2. The Morgan fingerprint density at radius 3 is 2.88 bits per heavy atom. The van der Waals surface area contributed by atoms with Crippen LogP contribution in [0.5, 0.6) is 0 Å². The number of hydrogen-bond acceptors (Lipinski definition) is 3. The molecule has 1 heterocycles. The number of rotatable bonds is 3. The number of carbonyl (C=O) groups excluding carboxylic acids is 2. The van der Waals surface area contributed by atoms with Crippen molar-refractivity contribution in [2.45, 2.75) is 4.90 Å². The highest BCUT2D eigenvalue weighted by Crippen LogP contribution is 2.39. The first-order valence-corrected chi connectivity index (χ1v) is 6.27. The Morgan fingerprint density at radius 2 is 2.24 bits per heavy atom. The lowest BCUT2D eigenvalue weighted by Crippen LogP contribution is -2.35. The lowest BCUT2D eigenvalue weighted by Gasteiger charge is -2.16. The summed E-state index contributed by atoms with van der Waals surface area (Å²) < 4.78 is 1.44. The van der Waals surface area contributed by atoms with Gasteiger partial charge in [0.25, 0.3) is 11.8 Å². The summed E-state index contributed by atoms with van der Waals surface area (Å²) in [6.07, 6.45) is 0. The van der Waals surface area contributed by atoms with Gasteiger partial charge < -0.3 is 0 Å². The van der Waals surface area contributed by atoms with Crippen LogP contribution in [-0.2, 0) is 9.63 Å². The van der Waals surface area contributed by atoms with Crippen LogP contribution in [0, 0.1) is 0 Å². The maximum absolute atomic E-state index is 12.0. The number of nitrogens with one attached hydrogen (secondary N) is 1. The summed E-state index contributed by atoms with van der Waals surface area (Å²) in [5, 5.41) is 0. The minimum atomic E-state index is -0.622. The van der Waals surface area contributed by atoms with E-state index in [1.54, 1.807) is 12.1 Å². The zero-order valence-corrected chi connectivity index (χ0v) is 10.1. The minimum absolute atomic E-state index is 0.0477. The second-order valence-electron chi connectivity index (χ2n) is 3.43. The summed E-state index contributed by atoms with van der Waals surface area (Å²) >= 11 is 0. The van der Waals surface area contributed by atoms with E-state index >= 15 is 0 Å². The van der Waals surface area contributed by atoms with Crippen LogP contribution in [0.4, 0.5) is 0 Å². The molecule has 1 unspecified atom stereocenters. The van der Waals surface area contributed by atoms with Crippen LogP contribution in [0.2, 0.25) is 0 Å². The number of nitrogens with zero attached hydrogens (tertiary/aromatic N) is 1. The average molecular weight is 252 g/mol. The second-order valence-corrected chi connectivity index (χ2v) is 5.04. The lowest BCUT2D eigenvalue weighted by molar-refractivity contribution is -0.131. The van der Waals surface area contributed by atoms with Crippen molar-refractivity contribution in [3.8, 4) is 0 Å². The number of fused-ring (bicyclic) bond motifs is 1. The predicted molar refractivity (Wildman–Crippen MR) is 65.6 cm³/mol. The van der Waals surface area contributed by atoms with Crippen LogP contribution < -0.4 is 5.48 Å². The van der Waals surface area contributed by atoms with E-state index in [-0.39, 0.29) is 18.4 Å². The van der Waals surface area contributed by atoms with Gasteiger partial charge in [-0.15, -0.1) is 0 Å². The van der Waals surface area contributed by atoms with Gasteiger partial charge in [-0.05, 0) is 12.1 Å². The fourth-order valence-corrected chi connectivity index (χ4v) is 3.08. The van der Waals surface area contributed by atoms with Crippen LogP contribution >= 0.6 is 10.7 Å². The van der Waals surface area contributed by atoms with Crippen LogP contribution in [0.25, 0.3) is 0 Å². The number of benzene rings is 1. The molecule has 1 aliphatic rings. The Balaban J connectivity index is 2.22. The zero-order chi connectivity index (χ0) is 12.4. The van der Waals surface area contributed by atoms with Gasteiger partial charge in [-0.1, -0.05) is 28.7 Å². The average Bonchev–Trinajstić information content (AvgIpc) is 2.56. The van der Waals surface area contributed by atoms with Crippen molar-refractivity contribution < 1.29 is 14.4 Å². The first kappa shape index (κ1) is 11.8. The summed E-state index contributed by atoms with van der Waals surface area (Å²) in [6.45, 7) is -0.0477. The molecule has 0 spiro atoms. The van der Waals surface area contributed by atoms with Crippen molar-refractivity contribution in [1.82, 2.24) is 9.79 Å². The number of amides is 2. The fraction of sp³-hybridized carbons (Fsp3) is 0.182. The molecule has 5 nitrogen and oxygen atoms in total. The summed E-state index contributed by atoms with van der Waals surface area (Å²) in [5.41, 5.74) is 2.81. The molecule has 0 bridgehead atoms. The van der Waals surface area contributed by atoms with Crippen LogP contribution in [0.3, 0.4) is 0 Å². The maximum atomic E-state index is 12.0.